The molecule has 1 heteroatoms. The Morgan fingerprint density at radius 2 is 1.26 bits per heavy atom. The maximum absolute atomic E-state index is 2.33. The quantitative estimate of drug-likeness (QED) is 0.653. The SMILES string of the molecule is CC(C)(C)C1=C(c2ccccc2)[P@@]1c1ccccc1. The predicted molar refractivity (Wildman–Crippen MR) is 85.8 cm³/mol. The summed E-state index contributed by atoms with van der Waals surface area (Å²) in [7, 11) is -0.203. The number of allylic oxidation sites excluding steroid dienone is 1. The number of benzene rings is 2. The van der Waals surface area contributed by atoms with Gasteiger partial charge in [0.25, 0.3) is 0 Å². The van der Waals surface area contributed by atoms with E-state index in [2.05, 4.69) is 81.4 Å². The Morgan fingerprint density at radius 1 is 0.737 bits per heavy atom. The molecule has 0 N–H and O–H groups in total. The van der Waals surface area contributed by atoms with Crippen LogP contribution in [-0.4, -0.2) is 0 Å². The molecule has 1 aliphatic heterocycles. The molecule has 1 heterocycles. The van der Waals surface area contributed by atoms with Crippen molar-refractivity contribution in [1.82, 2.24) is 0 Å². The van der Waals surface area contributed by atoms with Gasteiger partial charge in [-0.2, -0.15) is 0 Å². The average molecular weight is 266 g/mol. The molecule has 0 spiro atoms. The first-order valence-corrected chi connectivity index (χ1v) is 8.08. The van der Waals surface area contributed by atoms with Gasteiger partial charge in [0.2, 0.25) is 0 Å². The molecule has 0 amide bonds. The van der Waals surface area contributed by atoms with Crippen LogP contribution in [0.1, 0.15) is 26.3 Å². The van der Waals surface area contributed by atoms with Crippen LogP contribution in [0.2, 0.25) is 0 Å². The molecular formula is C18H19P. The lowest BCUT2D eigenvalue weighted by molar-refractivity contribution is 0.540. The minimum atomic E-state index is -0.203. The van der Waals surface area contributed by atoms with Gasteiger partial charge in [0.05, 0.1) is 0 Å². The molecule has 0 bridgehead atoms. The van der Waals surface area contributed by atoms with E-state index < -0.39 is 0 Å². The molecule has 3 rings (SSSR count). The third-order valence-electron chi connectivity index (χ3n) is 3.39. The molecule has 0 fully saturated rings. The van der Waals surface area contributed by atoms with E-state index in [1.54, 1.807) is 10.6 Å². The standard InChI is InChI=1S/C18H19P/c1-18(2,3)17-16(14-10-6-4-7-11-14)19(17)15-12-8-5-9-13-15/h4-13H,1-3H3/t19-/m1/s1. The van der Waals surface area contributed by atoms with E-state index in [-0.39, 0.29) is 13.3 Å². The highest BCUT2D eigenvalue weighted by atomic mass is 31.1. The summed E-state index contributed by atoms with van der Waals surface area (Å²) in [5.41, 5.74) is 1.68. The van der Waals surface area contributed by atoms with E-state index in [0.717, 1.165) is 0 Å². The lowest BCUT2D eigenvalue weighted by Gasteiger charge is -2.15. The van der Waals surface area contributed by atoms with E-state index >= 15 is 0 Å². The van der Waals surface area contributed by atoms with Crippen molar-refractivity contribution >= 4 is 18.5 Å². The number of rotatable bonds is 2. The van der Waals surface area contributed by atoms with Gasteiger partial charge in [-0.25, -0.2) is 0 Å². The van der Waals surface area contributed by atoms with E-state index in [1.165, 1.54) is 10.9 Å². The third kappa shape index (κ3) is 2.38. The smallest absolute Gasteiger partial charge is 0.00327 e. The largest absolute Gasteiger partial charge is 0.0622 e. The Labute approximate surface area is 116 Å². The van der Waals surface area contributed by atoms with Gasteiger partial charge in [-0.3, -0.25) is 0 Å². The molecule has 1 aliphatic rings. The van der Waals surface area contributed by atoms with Crippen molar-refractivity contribution in [2.45, 2.75) is 20.8 Å². The molecule has 0 saturated heterocycles. The van der Waals surface area contributed by atoms with Crippen LogP contribution in [0.15, 0.2) is 66.0 Å². The van der Waals surface area contributed by atoms with E-state index in [0.29, 0.717) is 0 Å². The summed E-state index contributed by atoms with van der Waals surface area (Å²) < 4.78 is 0. The second-order valence-electron chi connectivity index (χ2n) is 5.98. The maximum Gasteiger partial charge on any atom is -0.00327 e. The lowest BCUT2D eigenvalue weighted by Crippen LogP contribution is -2.03. The highest BCUT2D eigenvalue weighted by Crippen LogP contribution is 2.77. The number of hydrogen-bond acceptors (Lipinski definition) is 0. The van der Waals surface area contributed by atoms with Crippen molar-refractivity contribution in [2.24, 2.45) is 5.41 Å². The Morgan fingerprint density at radius 3 is 1.79 bits per heavy atom. The molecular weight excluding hydrogens is 247 g/mol. The molecule has 0 saturated carbocycles. The van der Waals surface area contributed by atoms with Gasteiger partial charge in [-0.15, -0.1) is 0 Å². The van der Waals surface area contributed by atoms with Gasteiger partial charge in [0.15, 0.2) is 0 Å². The van der Waals surface area contributed by atoms with Crippen LogP contribution in [0.5, 0.6) is 0 Å². The van der Waals surface area contributed by atoms with Crippen LogP contribution in [0.25, 0.3) is 5.31 Å². The minimum Gasteiger partial charge on any atom is -0.0622 e. The molecule has 19 heavy (non-hydrogen) atoms. The van der Waals surface area contributed by atoms with Crippen molar-refractivity contribution in [2.75, 3.05) is 0 Å². The van der Waals surface area contributed by atoms with E-state index in [1.807, 2.05) is 0 Å². The van der Waals surface area contributed by atoms with Crippen molar-refractivity contribution in [3.8, 4) is 0 Å². The Hall–Kier alpha value is -1.39. The molecule has 0 radical (unpaired) electrons. The lowest BCUT2D eigenvalue weighted by atomic mass is 9.95. The minimum absolute atomic E-state index is 0.203. The van der Waals surface area contributed by atoms with Gasteiger partial charge in [0.1, 0.15) is 0 Å². The predicted octanol–water partition coefficient (Wildman–Crippen LogP) is 5.22. The summed E-state index contributed by atoms with van der Waals surface area (Å²) in [5.74, 6) is 0. The van der Waals surface area contributed by atoms with E-state index in [4.69, 9.17) is 0 Å². The number of hydrogen-bond donors (Lipinski definition) is 0. The molecule has 0 unspecified atom stereocenters. The maximum atomic E-state index is 2.33. The van der Waals surface area contributed by atoms with Gasteiger partial charge >= 0.3 is 0 Å². The summed E-state index contributed by atoms with van der Waals surface area (Å²) in [6.45, 7) is 6.99. The van der Waals surface area contributed by atoms with Crippen LogP contribution in [0, 0.1) is 5.41 Å². The van der Waals surface area contributed by atoms with Gasteiger partial charge in [0, 0.05) is 0 Å². The summed E-state index contributed by atoms with van der Waals surface area (Å²) in [5, 5.41) is 4.73. The molecule has 0 aromatic heterocycles. The fourth-order valence-electron chi connectivity index (χ4n) is 2.55. The summed E-state index contributed by atoms with van der Waals surface area (Å²) in [6.07, 6.45) is 0. The molecule has 0 nitrogen and oxygen atoms in total. The fourth-order valence-corrected chi connectivity index (χ4v) is 5.56. The van der Waals surface area contributed by atoms with Crippen LogP contribution in [-0.2, 0) is 0 Å². The van der Waals surface area contributed by atoms with Gasteiger partial charge < -0.3 is 0 Å². The zero-order valence-electron chi connectivity index (χ0n) is 11.7. The first-order chi connectivity index (χ1) is 9.09. The van der Waals surface area contributed by atoms with Crippen LogP contribution >= 0.6 is 7.92 Å². The highest BCUT2D eigenvalue weighted by Gasteiger charge is 2.44. The van der Waals surface area contributed by atoms with Crippen molar-refractivity contribution in [3.63, 3.8) is 0 Å². The van der Waals surface area contributed by atoms with Gasteiger partial charge in [-0.05, 0) is 34.8 Å². The topological polar surface area (TPSA) is 0 Å². The first kappa shape index (κ1) is 12.6. The summed E-state index contributed by atoms with van der Waals surface area (Å²) in [6, 6.07) is 21.8. The van der Waals surface area contributed by atoms with Crippen molar-refractivity contribution < 1.29 is 0 Å². The van der Waals surface area contributed by atoms with Crippen molar-refractivity contribution in [3.05, 3.63) is 71.5 Å². The monoisotopic (exact) mass is 266 g/mol. The highest BCUT2D eigenvalue weighted by molar-refractivity contribution is 7.87. The summed E-state index contributed by atoms with van der Waals surface area (Å²) >= 11 is 0. The van der Waals surface area contributed by atoms with Crippen LogP contribution in [0.3, 0.4) is 0 Å². The van der Waals surface area contributed by atoms with Crippen LogP contribution < -0.4 is 5.30 Å². The van der Waals surface area contributed by atoms with Crippen LogP contribution in [0.4, 0.5) is 0 Å². The molecule has 96 valence electrons. The third-order valence-corrected chi connectivity index (χ3v) is 6.26. The molecule has 2 aromatic carbocycles. The second-order valence-corrected chi connectivity index (χ2v) is 8.07. The fraction of sp³-hybridized carbons (Fsp3) is 0.222. The molecule has 2 aromatic rings. The van der Waals surface area contributed by atoms with E-state index in [9.17, 15) is 0 Å². The average Bonchev–Trinajstić information content (AvgIpc) is 3.16. The zero-order chi connectivity index (χ0) is 13.5. The zero-order valence-corrected chi connectivity index (χ0v) is 12.6. The Balaban J connectivity index is 2.02. The molecule has 1 atom stereocenters. The second kappa shape index (κ2) is 4.62. The molecule has 0 aliphatic carbocycles. The Bertz CT molecular complexity index is 603. The van der Waals surface area contributed by atoms with Gasteiger partial charge in [-0.1, -0.05) is 81.4 Å². The van der Waals surface area contributed by atoms with Crippen molar-refractivity contribution in [1.29, 1.82) is 0 Å². The first-order valence-electron chi connectivity index (χ1n) is 6.74. The summed E-state index contributed by atoms with van der Waals surface area (Å²) in [4.78, 5) is 0. The Kier molecular flexibility index (Phi) is 3.07. The normalized spacial score (nSPS) is 18.6.